The molecule has 2 unspecified atom stereocenters. The largest absolute Gasteiger partial charge is 0.481 e. The van der Waals surface area contributed by atoms with E-state index in [2.05, 4.69) is 0 Å². The molecular formula is C13H18O6S. The summed E-state index contributed by atoms with van der Waals surface area (Å²) in [5.74, 6) is -3.47. The van der Waals surface area contributed by atoms with Crippen molar-refractivity contribution in [2.45, 2.75) is 12.5 Å². The first kappa shape index (κ1) is 16.6. The summed E-state index contributed by atoms with van der Waals surface area (Å²) < 4.78 is 23.5. The van der Waals surface area contributed by atoms with Gasteiger partial charge in [-0.25, -0.2) is 8.42 Å². The first-order valence-corrected chi connectivity index (χ1v) is 7.92. The van der Waals surface area contributed by atoms with Gasteiger partial charge in [0.05, 0.1) is 30.1 Å². The highest BCUT2D eigenvalue weighted by atomic mass is 32.2. The van der Waals surface area contributed by atoms with Crippen molar-refractivity contribution in [1.29, 1.82) is 0 Å². The fraction of sp³-hybridized carbons (Fsp3) is 0.462. The smallest absolute Gasteiger partial charge is 0.307 e. The molecule has 112 valence electrons. The zero-order valence-electron chi connectivity index (χ0n) is 10.8. The fourth-order valence-electron chi connectivity index (χ4n) is 1.84. The molecule has 1 rings (SSSR count). The van der Waals surface area contributed by atoms with Crippen LogP contribution in [0.4, 0.5) is 0 Å². The summed E-state index contributed by atoms with van der Waals surface area (Å²) in [4.78, 5) is 11.2. The number of rotatable bonds is 8. The number of hydrogen-bond donors (Lipinski definition) is 3. The molecule has 0 aromatic heterocycles. The molecule has 6 nitrogen and oxygen atoms in total. The van der Waals surface area contributed by atoms with Crippen LogP contribution in [0.15, 0.2) is 30.3 Å². The average Bonchev–Trinajstić information content (AvgIpc) is 2.38. The lowest BCUT2D eigenvalue weighted by Gasteiger charge is -2.14. The van der Waals surface area contributed by atoms with Crippen molar-refractivity contribution in [1.82, 2.24) is 0 Å². The maximum absolute atomic E-state index is 11.8. The van der Waals surface area contributed by atoms with E-state index < -0.39 is 45.9 Å². The number of aliphatic carboxylic acids is 1. The number of carboxylic acid groups (broad SMARTS) is 1. The van der Waals surface area contributed by atoms with E-state index >= 15 is 0 Å². The maximum atomic E-state index is 11.8. The number of hydrogen-bond acceptors (Lipinski definition) is 5. The van der Waals surface area contributed by atoms with Gasteiger partial charge in [-0.05, 0) is 12.0 Å². The molecule has 1 aromatic rings. The number of carboxylic acids is 1. The van der Waals surface area contributed by atoms with E-state index in [1.165, 1.54) is 0 Å². The van der Waals surface area contributed by atoms with E-state index in [-0.39, 0.29) is 6.42 Å². The molecule has 0 aliphatic rings. The van der Waals surface area contributed by atoms with Crippen LogP contribution in [0.25, 0.3) is 0 Å². The van der Waals surface area contributed by atoms with Gasteiger partial charge >= 0.3 is 5.97 Å². The summed E-state index contributed by atoms with van der Waals surface area (Å²) in [5.41, 5.74) is 0.734. The van der Waals surface area contributed by atoms with Gasteiger partial charge in [0.25, 0.3) is 0 Å². The number of aliphatic hydroxyl groups is 2. The fourth-order valence-corrected chi connectivity index (χ4v) is 3.54. The number of benzene rings is 1. The number of sulfone groups is 1. The summed E-state index contributed by atoms with van der Waals surface area (Å²) >= 11 is 0. The van der Waals surface area contributed by atoms with Crippen molar-refractivity contribution in [3.8, 4) is 0 Å². The van der Waals surface area contributed by atoms with E-state index in [9.17, 15) is 13.2 Å². The molecule has 0 radical (unpaired) electrons. The molecule has 0 heterocycles. The molecule has 2 atom stereocenters. The molecule has 20 heavy (non-hydrogen) atoms. The predicted octanol–water partition coefficient (Wildman–Crippen LogP) is -0.302. The molecule has 0 aliphatic carbocycles. The minimum absolute atomic E-state index is 0.102. The van der Waals surface area contributed by atoms with E-state index in [0.29, 0.717) is 0 Å². The lowest BCUT2D eigenvalue weighted by atomic mass is 10.0. The lowest BCUT2D eigenvalue weighted by Crippen LogP contribution is -2.32. The van der Waals surface area contributed by atoms with Crippen molar-refractivity contribution < 1.29 is 28.5 Å². The van der Waals surface area contributed by atoms with Gasteiger partial charge in [0.1, 0.15) is 0 Å². The van der Waals surface area contributed by atoms with Crippen LogP contribution in [-0.4, -0.2) is 53.9 Å². The molecule has 0 saturated carbocycles. The standard InChI is InChI=1S/C13H18O6S/c14-7-12(15)9-20(18,19)8-11(13(16)17)6-10-4-2-1-3-5-10/h1-5,11-12,14-15H,6-9H2,(H,16,17). The Hall–Kier alpha value is -1.44. The molecule has 0 aliphatic heterocycles. The third-order valence-corrected chi connectivity index (χ3v) is 4.59. The Labute approximate surface area is 117 Å². The molecule has 0 spiro atoms. The van der Waals surface area contributed by atoms with E-state index in [1.54, 1.807) is 30.3 Å². The Balaban J connectivity index is 2.75. The predicted molar refractivity (Wildman–Crippen MR) is 73.0 cm³/mol. The van der Waals surface area contributed by atoms with E-state index in [1.807, 2.05) is 0 Å². The van der Waals surface area contributed by atoms with Crippen LogP contribution >= 0.6 is 0 Å². The van der Waals surface area contributed by atoms with Crippen LogP contribution in [0.2, 0.25) is 0 Å². The summed E-state index contributed by atoms with van der Waals surface area (Å²) in [7, 11) is -3.75. The van der Waals surface area contributed by atoms with E-state index in [4.69, 9.17) is 15.3 Å². The van der Waals surface area contributed by atoms with Crippen LogP contribution < -0.4 is 0 Å². The van der Waals surface area contributed by atoms with Crippen LogP contribution in [0.5, 0.6) is 0 Å². The van der Waals surface area contributed by atoms with Crippen LogP contribution in [0.1, 0.15) is 5.56 Å². The van der Waals surface area contributed by atoms with Crippen molar-refractivity contribution in [3.63, 3.8) is 0 Å². The molecule has 0 saturated heterocycles. The highest BCUT2D eigenvalue weighted by Gasteiger charge is 2.27. The molecule has 7 heteroatoms. The molecule has 0 fully saturated rings. The van der Waals surface area contributed by atoms with Gasteiger partial charge < -0.3 is 15.3 Å². The van der Waals surface area contributed by atoms with Gasteiger partial charge in [-0.15, -0.1) is 0 Å². The zero-order chi connectivity index (χ0) is 15.2. The van der Waals surface area contributed by atoms with Crippen LogP contribution in [0.3, 0.4) is 0 Å². The number of carbonyl (C=O) groups is 1. The normalized spacial score (nSPS) is 14.7. The average molecular weight is 302 g/mol. The van der Waals surface area contributed by atoms with E-state index in [0.717, 1.165) is 5.56 Å². The second kappa shape index (κ2) is 7.37. The van der Waals surface area contributed by atoms with Crippen molar-refractivity contribution in [2.75, 3.05) is 18.1 Å². The van der Waals surface area contributed by atoms with Crippen molar-refractivity contribution >= 4 is 15.8 Å². The monoisotopic (exact) mass is 302 g/mol. The Morgan fingerprint density at radius 1 is 1.15 bits per heavy atom. The first-order valence-electron chi connectivity index (χ1n) is 6.10. The highest BCUT2D eigenvalue weighted by Crippen LogP contribution is 2.13. The third-order valence-electron chi connectivity index (χ3n) is 2.79. The SMILES string of the molecule is O=C(O)C(Cc1ccccc1)CS(=O)(=O)CC(O)CO. The minimum atomic E-state index is -3.75. The summed E-state index contributed by atoms with van der Waals surface area (Å²) in [6, 6.07) is 8.74. The third kappa shape index (κ3) is 5.68. The Kier molecular flexibility index (Phi) is 6.12. The topological polar surface area (TPSA) is 112 Å². The lowest BCUT2D eigenvalue weighted by molar-refractivity contribution is -0.140. The Morgan fingerprint density at radius 2 is 1.75 bits per heavy atom. The summed E-state index contributed by atoms with van der Waals surface area (Å²) in [6.45, 7) is -0.671. The highest BCUT2D eigenvalue weighted by molar-refractivity contribution is 7.91. The Bertz CT molecular complexity index is 525. The van der Waals surface area contributed by atoms with Crippen molar-refractivity contribution in [3.05, 3.63) is 35.9 Å². The van der Waals surface area contributed by atoms with Gasteiger partial charge in [0.15, 0.2) is 9.84 Å². The zero-order valence-corrected chi connectivity index (χ0v) is 11.7. The van der Waals surface area contributed by atoms with Gasteiger partial charge in [-0.3, -0.25) is 4.79 Å². The van der Waals surface area contributed by atoms with Gasteiger partial charge in [-0.1, -0.05) is 30.3 Å². The van der Waals surface area contributed by atoms with Crippen molar-refractivity contribution in [2.24, 2.45) is 5.92 Å². The number of aliphatic hydroxyl groups excluding tert-OH is 2. The maximum Gasteiger partial charge on any atom is 0.307 e. The second-order valence-electron chi connectivity index (χ2n) is 4.64. The van der Waals surface area contributed by atoms with Crippen LogP contribution in [0, 0.1) is 5.92 Å². The van der Waals surface area contributed by atoms with Gasteiger partial charge in [-0.2, -0.15) is 0 Å². The van der Waals surface area contributed by atoms with Gasteiger partial charge in [0, 0.05) is 0 Å². The van der Waals surface area contributed by atoms with Crippen LogP contribution in [-0.2, 0) is 21.1 Å². The quantitative estimate of drug-likeness (QED) is 0.608. The molecule has 3 N–H and O–H groups in total. The minimum Gasteiger partial charge on any atom is -0.481 e. The van der Waals surface area contributed by atoms with Gasteiger partial charge in [0.2, 0.25) is 0 Å². The molecule has 1 aromatic carbocycles. The second-order valence-corrected chi connectivity index (χ2v) is 6.79. The molecule has 0 amide bonds. The molecule has 0 bridgehead atoms. The summed E-state index contributed by atoms with van der Waals surface area (Å²) in [6.07, 6.45) is -1.28. The molecular weight excluding hydrogens is 284 g/mol. The summed E-state index contributed by atoms with van der Waals surface area (Å²) in [5, 5.41) is 26.9. The first-order chi connectivity index (χ1) is 9.34. The Morgan fingerprint density at radius 3 is 2.25 bits per heavy atom.